The molecule has 2 heterocycles. The van der Waals surface area contributed by atoms with E-state index in [0.717, 1.165) is 29.6 Å². The number of benzene rings is 2. The number of methoxy groups -OCH3 is 2. The van der Waals surface area contributed by atoms with E-state index in [0.29, 0.717) is 37.6 Å². The minimum absolute atomic E-state index is 0.104. The summed E-state index contributed by atoms with van der Waals surface area (Å²) in [5.74, 6) is 0.159. The van der Waals surface area contributed by atoms with E-state index in [4.69, 9.17) is 13.9 Å². The van der Waals surface area contributed by atoms with E-state index >= 15 is 0 Å². The van der Waals surface area contributed by atoms with Crippen LogP contribution in [0.25, 0.3) is 11.0 Å². The first kappa shape index (κ1) is 20.4. The molecule has 3 aromatic rings. The van der Waals surface area contributed by atoms with Crippen molar-refractivity contribution in [3.63, 3.8) is 0 Å². The molecular weight excluding hydrogens is 387 g/mol. The lowest BCUT2D eigenvalue weighted by Crippen LogP contribution is -3.13. The number of furan rings is 1. The van der Waals surface area contributed by atoms with Gasteiger partial charge in [-0.3, -0.25) is 4.79 Å². The number of halogens is 1. The number of fused-ring (bicyclic) bond motifs is 1. The Bertz CT molecular complexity index is 1040. The molecule has 1 aliphatic heterocycles. The van der Waals surface area contributed by atoms with Crippen LogP contribution < -0.4 is 9.64 Å². The molecule has 1 fully saturated rings. The summed E-state index contributed by atoms with van der Waals surface area (Å²) in [7, 11) is 3.07. The summed E-state index contributed by atoms with van der Waals surface area (Å²) in [5, 5.41) is 0.911. The highest BCUT2D eigenvalue weighted by atomic mass is 19.1. The normalized spacial score (nSPS) is 15.0. The maximum absolute atomic E-state index is 13.9. The summed E-state index contributed by atoms with van der Waals surface area (Å²) < 4.78 is 30.1. The van der Waals surface area contributed by atoms with Crippen molar-refractivity contribution in [1.29, 1.82) is 0 Å². The second kappa shape index (κ2) is 8.85. The second-order valence-corrected chi connectivity index (χ2v) is 7.53. The molecule has 0 aliphatic carbocycles. The molecule has 6 nitrogen and oxygen atoms in total. The molecule has 7 heteroatoms. The Hall–Kier alpha value is -2.90. The molecule has 1 aromatic heterocycles. The zero-order chi connectivity index (χ0) is 21.1. The van der Waals surface area contributed by atoms with Crippen molar-refractivity contribution in [3.8, 4) is 5.75 Å². The van der Waals surface area contributed by atoms with Gasteiger partial charge in [0.1, 0.15) is 12.1 Å². The highest BCUT2D eigenvalue weighted by Crippen LogP contribution is 2.27. The molecule has 0 saturated carbocycles. The molecule has 0 unspecified atom stereocenters. The van der Waals surface area contributed by atoms with Crippen molar-refractivity contribution in [2.75, 3.05) is 40.4 Å². The Labute approximate surface area is 174 Å². The third-order valence-corrected chi connectivity index (χ3v) is 5.61. The number of piperazine rings is 1. The number of rotatable bonds is 6. The second-order valence-electron chi connectivity index (χ2n) is 7.53. The van der Waals surface area contributed by atoms with Gasteiger partial charge >= 0.3 is 0 Å². The van der Waals surface area contributed by atoms with E-state index in [1.807, 2.05) is 35.2 Å². The summed E-state index contributed by atoms with van der Waals surface area (Å²) in [5.41, 5.74) is 2.41. The van der Waals surface area contributed by atoms with Crippen LogP contribution in [0.3, 0.4) is 0 Å². The summed E-state index contributed by atoms with van der Waals surface area (Å²) in [6.45, 7) is 3.86. The molecule has 0 spiro atoms. The number of nitrogens with zero attached hydrogens (tertiary/aromatic N) is 1. The highest BCUT2D eigenvalue weighted by Gasteiger charge is 2.29. The first-order chi connectivity index (χ1) is 14.6. The van der Waals surface area contributed by atoms with Crippen LogP contribution in [-0.4, -0.2) is 51.2 Å². The molecule has 1 saturated heterocycles. The molecule has 158 valence electrons. The van der Waals surface area contributed by atoms with E-state index in [-0.39, 0.29) is 17.5 Å². The van der Waals surface area contributed by atoms with Crippen LogP contribution in [-0.2, 0) is 17.9 Å². The van der Waals surface area contributed by atoms with E-state index in [9.17, 15) is 9.18 Å². The molecule has 1 amide bonds. The van der Waals surface area contributed by atoms with E-state index in [1.165, 1.54) is 18.1 Å². The Morgan fingerprint density at radius 3 is 2.63 bits per heavy atom. The number of hydrogen-bond donors (Lipinski definition) is 1. The lowest BCUT2D eigenvalue weighted by atomic mass is 10.1. The van der Waals surface area contributed by atoms with Crippen LogP contribution in [0, 0.1) is 5.82 Å². The number of amides is 1. The number of carbonyl (C=O) groups is 1. The van der Waals surface area contributed by atoms with Gasteiger partial charge in [-0.15, -0.1) is 0 Å². The number of carbonyl (C=O) groups excluding carboxylic acids is 1. The topological polar surface area (TPSA) is 56.3 Å². The summed E-state index contributed by atoms with van der Waals surface area (Å²) in [6.07, 6.45) is 0. The fourth-order valence-corrected chi connectivity index (χ4v) is 4.01. The number of hydrogen-bond acceptors (Lipinski definition) is 4. The molecule has 1 aliphatic rings. The molecular formula is C23H26FN2O4+. The molecule has 0 radical (unpaired) electrons. The predicted octanol–water partition coefficient (Wildman–Crippen LogP) is 2.27. The van der Waals surface area contributed by atoms with Gasteiger partial charge in [0, 0.05) is 23.6 Å². The Balaban J connectivity index is 1.43. The SMILES string of the molecule is COCc1c(C(=O)N2CC[NH+](Cc3ccc(OC)c(F)c3)CC2)oc2ccccc12. The Morgan fingerprint density at radius 2 is 1.93 bits per heavy atom. The van der Waals surface area contributed by atoms with Gasteiger partial charge < -0.3 is 23.7 Å². The van der Waals surface area contributed by atoms with Gasteiger partial charge in [0.25, 0.3) is 5.91 Å². The van der Waals surface area contributed by atoms with E-state index < -0.39 is 0 Å². The summed E-state index contributed by atoms with van der Waals surface area (Å²) >= 11 is 0. The van der Waals surface area contributed by atoms with Crippen molar-refractivity contribution >= 4 is 16.9 Å². The first-order valence-corrected chi connectivity index (χ1v) is 10.0. The van der Waals surface area contributed by atoms with Crippen LogP contribution in [0.1, 0.15) is 21.7 Å². The largest absolute Gasteiger partial charge is 0.494 e. The smallest absolute Gasteiger partial charge is 0.290 e. The molecule has 0 atom stereocenters. The van der Waals surface area contributed by atoms with Gasteiger partial charge in [-0.1, -0.05) is 18.2 Å². The van der Waals surface area contributed by atoms with Crippen LogP contribution in [0.15, 0.2) is 46.9 Å². The fraction of sp³-hybridized carbons (Fsp3) is 0.348. The van der Waals surface area contributed by atoms with Crippen LogP contribution in [0.2, 0.25) is 0 Å². The number of quaternary nitrogens is 1. The minimum atomic E-state index is -0.348. The Kier molecular flexibility index (Phi) is 6.01. The number of nitrogens with one attached hydrogen (secondary N) is 1. The van der Waals surface area contributed by atoms with Gasteiger partial charge in [-0.25, -0.2) is 4.39 Å². The summed E-state index contributed by atoms with van der Waals surface area (Å²) in [4.78, 5) is 16.3. The summed E-state index contributed by atoms with van der Waals surface area (Å²) in [6, 6.07) is 12.7. The first-order valence-electron chi connectivity index (χ1n) is 10.0. The number of para-hydroxylation sites is 1. The Morgan fingerprint density at radius 1 is 1.17 bits per heavy atom. The van der Waals surface area contributed by atoms with Gasteiger partial charge in [-0.05, 0) is 24.3 Å². The molecule has 2 aromatic carbocycles. The van der Waals surface area contributed by atoms with Crippen LogP contribution >= 0.6 is 0 Å². The zero-order valence-corrected chi connectivity index (χ0v) is 17.2. The maximum atomic E-state index is 13.9. The van der Waals surface area contributed by atoms with Gasteiger partial charge in [0.15, 0.2) is 17.3 Å². The van der Waals surface area contributed by atoms with Crippen LogP contribution in [0.5, 0.6) is 5.75 Å². The third-order valence-electron chi connectivity index (χ3n) is 5.61. The van der Waals surface area contributed by atoms with Crippen molar-refractivity contribution in [2.45, 2.75) is 13.2 Å². The molecule has 4 rings (SSSR count). The van der Waals surface area contributed by atoms with E-state index in [2.05, 4.69) is 0 Å². The van der Waals surface area contributed by atoms with Crippen molar-refractivity contribution in [3.05, 3.63) is 65.2 Å². The van der Waals surface area contributed by atoms with Gasteiger partial charge in [-0.2, -0.15) is 0 Å². The highest BCUT2D eigenvalue weighted by molar-refractivity contribution is 5.99. The quantitative estimate of drug-likeness (QED) is 0.674. The van der Waals surface area contributed by atoms with E-state index in [1.54, 1.807) is 13.2 Å². The molecule has 30 heavy (non-hydrogen) atoms. The lowest BCUT2D eigenvalue weighted by molar-refractivity contribution is -0.917. The average molecular weight is 413 g/mol. The minimum Gasteiger partial charge on any atom is -0.494 e. The average Bonchev–Trinajstić information content (AvgIpc) is 3.13. The molecule has 1 N–H and O–H groups in total. The van der Waals surface area contributed by atoms with Crippen LogP contribution in [0.4, 0.5) is 4.39 Å². The zero-order valence-electron chi connectivity index (χ0n) is 17.2. The van der Waals surface area contributed by atoms with Gasteiger partial charge in [0.05, 0.1) is 39.9 Å². The lowest BCUT2D eigenvalue weighted by Gasteiger charge is -2.32. The predicted molar refractivity (Wildman–Crippen MR) is 110 cm³/mol. The molecule has 0 bridgehead atoms. The fourth-order valence-electron chi connectivity index (χ4n) is 4.01. The van der Waals surface area contributed by atoms with Crippen molar-refractivity contribution in [1.82, 2.24) is 4.90 Å². The van der Waals surface area contributed by atoms with Crippen molar-refractivity contribution in [2.24, 2.45) is 0 Å². The standard InChI is InChI=1S/C23H25FN2O4/c1-28-15-18-17-5-3-4-6-20(17)30-22(18)23(27)26-11-9-25(10-12-26)14-16-7-8-21(29-2)19(24)13-16/h3-8,13H,9-12,14-15H2,1-2H3/p+1. The monoisotopic (exact) mass is 413 g/mol. The number of ether oxygens (including phenoxy) is 2. The van der Waals surface area contributed by atoms with Crippen molar-refractivity contribution < 1.29 is 28.0 Å². The third kappa shape index (κ3) is 4.04. The van der Waals surface area contributed by atoms with Gasteiger partial charge in [0.2, 0.25) is 0 Å². The maximum Gasteiger partial charge on any atom is 0.290 e.